The van der Waals surface area contributed by atoms with Gasteiger partial charge in [0.1, 0.15) is 5.82 Å². The van der Waals surface area contributed by atoms with E-state index in [1.165, 1.54) is 17.0 Å². The van der Waals surface area contributed by atoms with Gasteiger partial charge in [0, 0.05) is 25.2 Å². The summed E-state index contributed by atoms with van der Waals surface area (Å²) in [7, 11) is 1.66. The first kappa shape index (κ1) is 13.6. The van der Waals surface area contributed by atoms with Crippen LogP contribution in [0.15, 0.2) is 24.3 Å². The second kappa shape index (κ2) is 6.35. The minimum absolute atomic E-state index is 0.0174. The molecule has 0 saturated heterocycles. The van der Waals surface area contributed by atoms with Crippen LogP contribution in [0.25, 0.3) is 0 Å². The summed E-state index contributed by atoms with van der Waals surface area (Å²) >= 11 is 0. The van der Waals surface area contributed by atoms with Gasteiger partial charge in [-0.05, 0) is 38.0 Å². The monoisotopic (exact) mass is 238 g/mol. The Labute approximate surface area is 101 Å². The number of halogens is 1. The number of carbonyl (C=O) groups excluding carboxylic acids is 1. The molecule has 0 saturated carbocycles. The lowest BCUT2D eigenvalue weighted by Crippen LogP contribution is -2.26. The predicted molar refractivity (Wildman–Crippen MR) is 67.3 cm³/mol. The second-order valence-electron chi connectivity index (χ2n) is 4.30. The van der Waals surface area contributed by atoms with Crippen molar-refractivity contribution in [2.75, 3.05) is 11.9 Å². The minimum Gasteiger partial charge on any atom is -0.328 e. The van der Waals surface area contributed by atoms with E-state index in [0.717, 1.165) is 12.8 Å². The summed E-state index contributed by atoms with van der Waals surface area (Å²) in [5.74, 6) is -0.353. The molecule has 0 aliphatic heterocycles. The van der Waals surface area contributed by atoms with Crippen LogP contribution < -0.4 is 10.6 Å². The van der Waals surface area contributed by atoms with E-state index in [-0.39, 0.29) is 17.8 Å². The zero-order valence-electron chi connectivity index (χ0n) is 10.3. The molecule has 3 nitrogen and oxygen atoms in total. The first-order chi connectivity index (χ1) is 8.00. The van der Waals surface area contributed by atoms with Gasteiger partial charge in [-0.15, -0.1) is 0 Å². The third kappa shape index (κ3) is 4.53. The van der Waals surface area contributed by atoms with Gasteiger partial charge in [0.2, 0.25) is 5.91 Å². The van der Waals surface area contributed by atoms with E-state index in [4.69, 9.17) is 5.73 Å². The van der Waals surface area contributed by atoms with Crippen molar-refractivity contribution in [1.29, 1.82) is 0 Å². The molecule has 1 unspecified atom stereocenters. The van der Waals surface area contributed by atoms with E-state index >= 15 is 0 Å². The molecule has 0 heterocycles. The summed E-state index contributed by atoms with van der Waals surface area (Å²) in [5, 5.41) is 0. The first-order valence-electron chi connectivity index (χ1n) is 5.78. The molecule has 0 fully saturated rings. The van der Waals surface area contributed by atoms with Crippen LogP contribution >= 0.6 is 0 Å². The van der Waals surface area contributed by atoms with Crippen LogP contribution in [0.1, 0.15) is 26.2 Å². The van der Waals surface area contributed by atoms with Gasteiger partial charge in [-0.2, -0.15) is 0 Å². The molecule has 1 aromatic rings. The summed E-state index contributed by atoms with van der Waals surface area (Å²) in [4.78, 5) is 13.3. The van der Waals surface area contributed by atoms with Crippen LogP contribution in [0.5, 0.6) is 0 Å². The maximum absolute atomic E-state index is 13.0. The second-order valence-corrected chi connectivity index (χ2v) is 4.30. The molecule has 4 heteroatoms. The normalized spacial score (nSPS) is 12.2. The Morgan fingerprint density at radius 2 is 2.24 bits per heavy atom. The van der Waals surface area contributed by atoms with Crippen LogP contribution in [-0.2, 0) is 4.79 Å². The van der Waals surface area contributed by atoms with Gasteiger partial charge >= 0.3 is 0 Å². The Hall–Kier alpha value is -1.42. The summed E-state index contributed by atoms with van der Waals surface area (Å²) in [6, 6.07) is 6.13. The minimum atomic E-state index is -0.335. The van der Waals surface area contributed by atoms with Gasteiger partial charge in [-0.25, -0.2) is 4.39 Å². The Morgan fingerprint density at radius 3 is 2.82 bits per heavy atom. The van der Waals surface area contributed by atoms with Crippen LogP contribution in [0.4, 0.5) is 10.1 Å². The average Bonchev–Trinajstić information content (AvgIpc) is 2.27. The summed E-state index contributed by atoms with van der Waals surface area (Å²) in [6.07, 6.45) is 2.02. The fraction of sp³-hybridized carbons (Fsp3) is 0.462. The van der Waals surface area contributed by atoms with Crippen molar-refractivity contribution in [3.8, 4) is 0 Å². The lowest BCUT2D eigenvalue weighted by Gasteiger charge is -2.17. The lowest BCUT2D eigenvalue weighted by atomic mass is 10.1. The smallest absolute Gasteiger partial charge is 0.226 e. The fourth-order valence-corrected chi connectivity index (χ4v) is 1.57. The molecule has 0 spiro atoms. The molecular weight excluding hydrogens is 219 g/mol. The van der Waals surface area contributed by atoms with Gasteiger partial charge in [0.25, 0.3) is 0 Å². The van der Waals surface area contributed by atoms with E-state index < -0.39 is 0 Å². The first-order valence-corrected chi connectivity index (χ1v) is 5.78. The highest BCUT2D eigenvalue weighted by atomic mass is 19.1. The van der Waals surface area contributed by atoms with Crippen molar-refractivity contribution in [2.45, 2.75) is 32.2 Å². The Balaban J connectivity index is 2.52. The van der Waals surface area contributed by atoms with E-state index in [9.17, 15) is 9.18 Å². The number of nitrogens with two attached hydrogens (primary N) is 1. The van der Waals surface area contributed by atoms with Gasteiger partial charge in [-0.3, -0.25) is 4.79 Å². The summed E-state index contributed by atoms with van der Waals surface area (Å²) < 4.78 is 13.0. The number of benzene rings is 1. The highest BCUT2D eigenvalue weighted by molar-refractivity contribution is 5.92. The van der Waals surface area contributed by atoms with Crippen LogP contribution in [0.2, 0.25) is 0 Å². The lowest BCUT2D eigenvalue weighted by molar-refractivity contribution is -0.118. The average molecular weight is 238 g/mol. The number of hydrogen-bond acceptors (Lipinski definition) is 2. The largest absolute Gasteiger partial charge is 0.328 e. The summed E-state index contributed by atoms with van der Waals surface area (Å²) in [6.45, 7) is 1.92. The molecular formula is C13H19FN2O. The Morgan fingerprint density at radius 1 is 1.53 bits per heavy atom. The molecule has 0 aliphatic carbocycles. The van der Waals surface area contributed by atoms with Crippen molar-refractivity contribution in [3.63, 3.8) is 0 Å². The van der Waals surface area contributed by atoms with Crippen LogP contribution in [-0.4, -0.2) is 19.0 Å². The fourth-order valence-electron chi connectivity index (χ4n) is 1.57. The molecule has 0 bridgehead atoms. The predicted octanol–water partition coefficient (Wildman–Crippen LogP) is 2.31. The molecule has 0 aromatic heterocycles. The highest BCUT2D eigenvalue weighted by Gasteiger charge is 2.11. The number of nitrogens with zero attached hydrogens (tertiary/aromatic N) is 1. The van der Waals surface area contributed by atoms with Gasteiger partial charge in [-0.1, -0.05) is 6.07 Å². The molecule has 94 valence electrons. The van der Waals surface area contributed by atoms with E-state index in [1.54, 1.807) is 19.2 Å². The molecule has 0 radical (unpaired) electrons. The molecule has 1 aromatic carbocycles. The van der Waals surface area contributed by atoms with Crippen molar-refractivity contribution >= 4 is 11.6 Å². The molecule has 1 rings (SSSR count). The SMILES string of the molecule is CC(N)CCCC(=O)N(C)c1cccc(F)c1. The summed E-state index contributed by atoms with van der Waals surface area (Å²) in [5.41, 5.74) is 6.19. The zero-order chi connectivity index (χ0) is 12.8. The van der Waals surface area contributed by atoms with Crippen molar-refractivity contribution in [3.05, 3.63) is 30.1 Å². The molecule has 2 N–H and O–H groups in total. The molecule has 17 heavy (non-hydrogen) atoms. The standard InChI is InChI=1S/C13H19FN2O/c1-10(15)5-3-8-13(17)16(2)12-7-4-6-11(14)9-12/h4,6-7,9-10H,3,5,8,15H2,1-2H3. The molecule has 1 amide bonds. The number of carbonyl (C=O) groups is 1. The van der Waals surface area contributed by atoms with E-state index in [1.807, 2.05) is 6.92 Å². The maximum Gasteiger partial charge on any atom is 0.226 e. The number of anilines is 1. The highest BCUT2D eigenvalue weighted by Crippen LogP contribution is 2.15. The maximum atomic E-state index is 13.0. The molecule has 1 atom stereocenters. The number of rotatable bonds is 5. The van der Waals surface area contributed by atoms with Crippen molar-refractivity contribution in [2.24, 2.45) is 5.73 Å². The number of amides is 1. The van der Waals surface area contributed by atoms with Gasteiger partial charge in [0.05, 0.1) is 0 Å². The topological polar surface area (TPSA) is 46.3 Å². The number of hydrogen-bond donors (Lipinski definition) is 1. The molecule has 0 aliphatic rings. The van der Waals surface area contributed by atoms with E-state index in [2.05, 4.69) is 0 Å². The van der Waals surface area contributed by atoms with Crippen molar-refractivity contribution in [1.82, 2.24) is 0 Å². The third-order valence-corrected chi connectivity index (χ3v) is 2.62. The third-order valence-electron chi connectivity index (χ3n) is 2.62. The Bertz CT molecular complexity index is 379. The van der Waals surface area contributed by atoms with E-state index in [0.29, 0.717) is 12.1 Å². The van der Waals surface area contributed by atoms with Crippen LogP contribution in [0.3, 0.4) is 0 Å². The Kier molecular flexibility index (Phi) is 5.10. The quantitative estimate of drug-likeness (QED) is 0.855. The zero-order valence-corrected chi connectivity index (χ0v) is 10.3. The van der Waals surface area contributed by atoms with Gasteiger partial charge < -0.3 is 10.6 Å². The van der Waals surface area contributed by atoms with Crippen molar-refractivity contribution < 1.29 is 9.18 Å². The van der Waals surface area contributed by atoms with Gasteiger partial charge in [0.15, 0.2) is 0 Å². The van der Waals surface area contributed by atoms with Crippen LogP contribution in [0, 0.1) is 5.82 Å².